The summed E-state index contributed by atoms with van der Waals surface area (Å²) in [6, 6.07) is 10.4. The number of carbonyl (C=O) groups is 1. The second-order valence-corrected chi connectivity index (χ2v) is 4.03. The van der Waals surface area contributed by atoms with Gasteiger partial charge in [-0.1, -0.05) is 30.3 Å². The molecule has 88 valence electrons. The molecular weight excluding hydrogens is 202 g/mol. The van der Waals surface area contributed by atoms with E-state index in [-0.39, 0.29) is 12.0 Å². The van der Waals surface area contributed by atoms with E-state index in [9.17, 15) is 4.79 Å². The van der Waals surface area contributed by atoms with Crippen molar-refractivity contribution in [3.8, 4) is 0 Å². The van der Waals surface area contributed by atoms with E-state index in [0.717, 1.165) is 6.54 Å². The second-order valence-electron chi connectivity index (χ2n) is 4.03. The van der Waals surface area contributed by atoms with Crippen molar-refractivity contribution in [2.45, 2.75) is 25.9 Å². The monoisotopic (exact) mass is 221 g/mol. The summed E-state index contributed by atoms with van der Waals surface area (Å²) >= 11 is 0. The van der Waals surface area contributed by atoms with Gasteiger partial charge in [0.15, 0.2) is 0 Å². The number of hydrogen-bond donors (Lipinski definition) is 0. The van der Waals surface area contributed by atoms with E-state index in [4.69, 9.17) is 0 Å². The number of esters is 1. The summed E-state index contributed by atoms with van der Waals surface area (Å²) in [4.78, 5) is 13.3. The molecule has 0 N–H and O–H groups in total. The third-order valence-electron chi connectivity index (χ3n) is 2.72. The van der Waals surface area contributed by atoms with Crippen LogP contribution in [-0.2, 0) is 16.1 Å². The summed E-state index contributed by atoms with van der Waals surface area (Å²) < 4.78 is 4.66. The first kappa shape index (κ1) is 12.7. The first-order valence-corrected chi connectivity index (χ1v) is 5.44. The zero-order chi connectivity index (χ0) is 12.0. The molecule has 0 spiro atoms. The Morgan fingerprint density at radius 2 is 2.00 bits per heavy atom. The minimum Gasteiger partial charge on any atom is -0.469 e. The number of rotatable bonds is 5. The van der Waals surface area contributed by atoms with Crippen LogP contribution in [0.5, 0.6) is 0 Å². The molecule has 0 radical (unpaired) electrons. The largest absolute Gasteiger partial charge is 0.469 e. The Labute approximate surface area is 97.0 Å². The Kier molecular flexibility index (Phi) is 4.99. The van der Waals surface area contributed by atoms with Gasteiger partial charge < -0.3 is 4.74 Å². The van der Waals surface area contributed by atoms with Gasteiger partial charge in [0.2, 0.25) is 0 Å². The van der Waals surface area contributed by atoms with Crippen LogP contribution in [0.3, 0.4) is 0 Å². The molecule has 0 aliphatic heterocycles. The first-order valence-electron chi connectivity index (χ1n) is 5.44. The number of carbonyl (C=O) groups excluding carboxylic acids is 1. The van der Waals surface area contributed by atoms with Crippen molar-refractivity contribution in [1.29, 1.82) is 0 Å². The lowest BCUT2D eigenvalue weighted by atomic mass is 10.1. The number of nitrogens with zero attached hydrogens (tertiary/aromatic N) is 1. The van der Waals surface area contributed by atoms with E-state index in [1.807, 2.05) is 32.2 Å². The van der Waals surface area contributed by atoms with Crippen LogP contribution < -0.4 is 0 Å². The summed E-state index contributed by atoms with van der Waals surface area (Å²) in [5.41, 5.74) is 1.25. The number of hydrogen-bond acceptors (Lipinski definition) is 3. The summed E-state index contributed by atoms with van der Waals surface area (Å²) in [5.74, 6) is -0.160. The highest BCUT2D eigenvalue weighted by atomic mass is 16.5. The smallest absolute Gasteiger partial charge is 0.307 e. The van der Waals surface area contributed by atoms with Crippen molar-refractivity contribution in [2.24, 2.45) is 0 Å². The molecule has 0 heterocycles. The van der Waals surface area contributed by atoms with Gasteiger partial charge >= 0.3 is 5.97 Å². The van der Waals surface area contributed by atoms with E-state index in [1.165, 1.54) is 12.7 Å². The van der Waals surface area contributed by atoms with Gasteiger partial charge in [0.05, 0.1) is 13.5 Å². The van der Waals surface area contributed by atoms with Crippen LogP contribution in [0.4, 0.5) is 0 Å². The molecule has 1 aromatic carbocycles. The van der Waals surface area contributed by atoms with E-state index < -0.39 is 0 Å². The van der Waals surface area contributed by atoms with Crippen molar-refractivity contribution in [2.75, 3.05) is 14.2 Å². The number of methoxy groups -OCH3 is 1. The van der Waals surface area contributed by atoms with E-state index in [2.05, 4.69) is 21.8 Å². The van der Waals surface area contributed by atoms with Gasteiger partial charge in [-0.2, -0.15) is 0 Å². The maximum Gasteiger partial charge on any atom is 0.307 e. The Morgan fingerprint density at radius 1 is 1.38 bits per heavy atom. The average Bonchev–Trinajstić information content (AvgIpc) is 2.30. The van der Waals surface area contributed by atoms with Crippen LogP contribution in [0, 0.1) is 0 Å². The van der Waals surface area contributed by atoms with Gasteiger partial charge in [-0.25, -0.2) is 0 Å². The van der Waals surface area contributed by atoms with Gasteiger partial charge in [0, 0.05) is 12.6 Å². The van der Waals surface area contributed by atoms with E-state index >= 15 is 0 Å². The van der Waals surface area contributed by atoms with Crippen LogP contribution in [0.1, 0.15) is 18.9 Å². The fraction of sp³-hybridized carbons (Fsp3) is 0.462. The van der Waals surface area contributed by atoms with Gasteiger partial charge in [0.25, 0.3) is 0 Å². The Hall–Kier alpha value is -1.35. The molecule has 0 aromatic heterocycles. The highest BCUT2D eigenvalue weighted by Crippen LogP contribution is 2.08. The first-order chi connectivity index (χ1) is 7.63. The molecular formula is C13H19NO2. The van der Waals surface area contributed by atoms with Crippen LogP contribution in [0.15, 0.2) is 30.3 Å². The molecule has 1 atom stereocenters. The Balaban J connectivity index is 2.46. The predicted octanol–water partition coefficient (Wildman–Crippen LogP) is 2.07. The summed E-state index contributed by atoms with van der Waals surface area (Å²) in [6.45, 7) is 2.87. The Morgan fingerprint density at radius 3 is 2.56 bits per heavy atom. The molecule has 3 nitrogen and oxygen atoms in total. The number of benzene rings is 1. The van der Waals surface area contributed by atoms with Crippen molar-refractivity contribution < 1.29 is 9.53 Å². The zero-order valence-corrected chi connectivity index (χ0v) is 10.1. The Bertz CT molecular complexity index is 324. The van der Waals surface area contributed by atoms with Gasteiger partial charge in [-0.3, -0.25) is 9.69 Å². The molecule has 0 aliphatic carbocycles. The normalized spacial score (nSPS) is 12.5. The van der Waals surface area contributed by atoms with E-state index in [1.54, 1.807) is 0 Å². The summed E-state index contributed by atoms with van der Waals surface area (Å²) in [6.07, 6.45) is 0.430. The molecule has 1 rings (SSSR count). The third kappa shape index (κ3) is 4.03. The van der Waals surface area contributed by atoms with Crippen LogP contribution in [-0.4, -0.2) is 31.1 Å². The lowest BCUT2D eigenvalue weighted by Crippen LogP contribution is -2.30. The average molecular weight is 221 g/mol. The topological polar surface area (TPSA) is 29.5 Å². The SMILES string of the molecule is COC(=O)C[C@@H](C)N(C)Cc1ccccc1. The van der Waals surface area contributed by atoms with Crippen molar-refractivity contribution in [3.05, 3.63) is 35.9 Å². The van der Waals surface area contributed by atoms with Gasteiger partial charge in [-0.15, -0.1) is 0 Å². The molecule has 0 bridgehead atoms. The fourth-order valence-corrected chi connectivity index (χ4v) is 1.51. The summed E-state index contributed by atoms with van der Waals surface area (Å²) in [5, 5.41) is 0. The summed E-state index contributed by atoms with van der Waals surface area (Å²) in [7, 11) is 3.44. The fourth-order valence-electron chi connectivity index (χ4n) is 1.51. The van der Waals surface area contributed by atoms with Crippen LogP contribution >= 0.6 is 0 Å². The maximum atomic E-state index is 11.1. The minimum atomic E-state index is -0.160. The molecule has 0 aliphatic rings. The van der Waals surface area contributed by atoms with Crippen LogP contribution in [0.25, 0.3) is 0 Å². The molecule has 0 fully saturated rings. The molecule has 0 unspecified atom stereocenters. The van der Waals surface area contributed by atoms with Crippen molar-refractivity contribution >= 4 is 5.97 Å². The third-order valence-corrected chi connectivity index (χ3v) is 2.72. The molecule has 16 heavy (non-hydrogen) atoms. The maximum absolute atomic E-state index is 11.1. The van der Waals surface area contributed by atoms with Gasteiger partial charge in [0.1, 0.15) is 0 Å². The van der Waals surface area contributed by atoms with Gasteiger partial charge in [-0.05, 0) is 19.5 Å². The quantitative estimate of drug-likeness (QED) is 0.713. The lowest BCUT2D eigenvalue weighted by Gasteiger charge is -2.23. The van der Waals surface area contributed by atoms with E-state index in [0.29, 0.717) is 6.42 Å². The zero-order valence-electron chi connectivity index (χ0n) is 10.1. The van der Waals surface area contributed by atoms with Crippen molar-refractivity contribution in [1.82, 2.24) is 4.90 Å². The van der Waals surface area contributed by atoms with Crippen LogP contribution in [0.2, 0.25) is 0 Å². The molecule has 3 heteroatoms. The molecule has 1 aromatic rings. The molecule has 0 amide bonds. The lowest BCUT2D eigenvalue weighted by molar-refractivity contribution is -0.141. The highest BCUT2D eigenvalue weighted by molar-refractivity contribution is 5.69. The minimum absolute atomic E-state index is 0.160. The predicted molar refractivity (Wildman–Crippen MR) is 64.0 cm³/mol. The molecule has 0 saturated carbocycles. The standard InChI is InChI=1S/C13H19NO2/c1-11(9-13(15)16-3)14(2)10-12-7-5-4-6-8-12/h4-8,11H,9-10H2,1-3H3/t11-/m1/s1. The number of ether oxygens (including phenoxy) is 1. The van der Waals surface area contributed by atoms with Crippen molar-refractivity contribution in [3.63, 3.8) is 0 Å². The second kappa shape index (κ2) is 6.28. The highest BCUT2D eigenvalue weighted by Gasteiger charge is 2.13. The molecule has 0 saturated heterocycles.